The van der Waals surface area contributed by atoms with Crippen molar-refractivity contribution in [2.75, 3.05) is 26.2 Å². The van der Waals surface area contributed by atoms with Gasteiger partial charge in [-0.05, 0) is 50.0 Å². The van der Waals surface area contributed by atoms with Gasteiger partial charge in [0.1, 0.15) is 0 Å². The Morgan fingerprint density at radius 2 is 2.05 bits per heavy atom. The molecular weight excluding hydrogens is 340 g/mol. The fourth-order valence-electron chi connectivity index (χ4n) is 2.48. The van der Waals surface area contributed by atoms with E-state index < -0.39 is 10.0 Å². The summed E-state index contributed by atoms with van der Waals surface area (Å²) in [5.41, 5.74) is 0. The maximum Gasteiger partial charge on any atom is 0.243 e. The van der Waals surface area contributed by atoms with Gasteiger partial charge in [0.25, 0.3) is 0 Å². The van der Waals surface area contributed by atoms with Gasteiger partial charge >= 0.3 is 0 Å². The third-order valence-electron chi connectivity index (χ3n) is 3.69. The molecule has 1 aromatic rings. The van der Waals surface area contributed by atoms with Gasteiger partial charge in [0.05, 0.1) is 4.90 Å². The topological polar surface area (TPSA) is 49.4 Å². The number of hydrogen-bond donors (Lipinski definition) is 1. The molecule has 0 amide bonds. The Balaban J connectivity index is 2.02. The SMILES string of the molecule is CCNCC1CCN(S(=O)(=O)c2cccc(Br)c2)CC1. The molecule has 1 aliphatic heterocycles. The minimum absolute atomic E-state index is 0.372. The van der Waals surface area contributed by atoms with Gasteiger partial charge in [-0.15, -0.1) is 0 Å². The lowest BCUT2D eigenvalue weighted by Gasteiger charge is -2.31. The van der Waals surface area contributed by atoms with Crippen molar-refractivity contribution in [3.8, 4) is 0 Å². The van der Waals surface area contributed by atoms with E-state index in [2.05, 4.69) is 28.2 Å². The van der Waals surface area contributed by atoms with Gasteiger partial charge in [-0.1, -0.05) is 28.9 Å². The van der Waals surface area contributed by atoms with Crippen molar-refractivity contribution in [3.05, 3.63) is 28.7 Å². The Morgan fingerprint density at radius 3 is 2.65 bits per heavy atom. The largest absolute Gasteiger partial charge is 0.317 e. The van der Waals surface area contributed by atoms with Gasteiger partial charge in [-0.3, -0.25) is 0 Å². The van der Waals surface area contributed by atoms with E-state index in [0.717, 1.165) is 30.4 Å². The summed E-state index contributed by atoms with van der Waals surface area (Å²) in [5.74, 6) is 0.587. The highest BCUT2D eigenvalue weighted by Crippen LogP contribution is 2.25. The second-order valence-corrected chi connectivity index (χ2v) is 7.97. The van der Waals surface area contributed by atoms with Gasteiger partial charge in [-0.2, -0.15) is 4.31 Å². The predicted octanol–water partition coefficient (Wildman–Crippen LogP) is 2.46. The quantitative estimate of drug-likeness (QED) is 0.877. The molecule has 112 valence electrons. The standard InChI is InChI=1S/C14H21BrN2O2S/c1-2-16-11-12-6-8-17(9-7-12)20(18,19)14-5-3-4-13(15)10-14/h3-5,10,12,16H,2,6-9,11H2,1H3. The summed E-state index contributed by atoms with van der Waals surface area (Å²) in [6.07, 6.45) is 1.86. The van der Waals surface area contributed by atoms with Gasteiger partial charge in [-0.25, -0.2) is 8.42 Å². The van der Waals surface area contributed by atoms with Crippen LogP contribution in [0, 0.1) is 5.92 Å². The Hall–Kier alpha value is -0.430. The number of hydrogen-bond acceptors (Lipinski definition) is 3. The first-order valence-electron chi connectivity index (χ1n) is 7.00. The van der Waals surface area contributed by atoms with E-state index in [-0.39, 0.29) is 0 Å². The zero-order chi connectivity index (χ0) is 14.6. The van der Waals surface area contributed by atoms with Gasteiger partial charge in [0.15, 0.2) is 0 Å². The van der Waals surface area contributed by atoms with Crippen molar-refractivity contribution in [2.45, 2.75) is 24.7 Å². The second kappa shape index (κ2) is 7.02. The molecular formula is C14H21BrN2O2S. The van der Waals surface area contributed by atoms with Crippen molar-refractivity contribution in [1.82, 2.24) is 9.62 Å². The highest BCUT2D eigenvalue weighted by atomic mass is 79.9. The van der Waals surface area contributed by atoms with E-state index in [1.807, 2.05) is 6.07 Å². The molecule has 1 heterocycles. The first-order valence-corrected chi connectivity index (χ1v) is 9.23. The Bertz CT molecular complexity index is 540. The number of halogens is 1. The monoisotopic (exact) mass is 360 g/mol. The van der Waals surface area contributed by atoms with Crippen LogP contribution in [0.3, 0.4) is 0 Å². The summed E-state index contributed by atoms with van der Waals surface area (Å²) in [5, 5.41) is 3.34. The maximum absolute atomic E-state index is 12.5. The molecule has 0 saturated carbocycles. The molecule has 0 radical (unpaired) electrons. The van der Waals surface area contributed by atoms with Crippen LogP contribution in [0.5, 0.6) is 0 Å². The van der Waals surface area contributed by atoms with Crippen LogP contribution in [0.2, 0.25) is 0 Å². The molecule has 1 aliphatic rings. The summed E-state index contributed by atoms with van der Waals surface area (Å²) in [7, 11) is -3.35. The number of nitrogens with zero attached hydrogens (tertiary/aromatic N) is 1. The summed E-state index contributed by atoms with van der Waals surface area (Å²) >= 11 is 3.33. The molecule has 0 atom stereocenters. The molecule has 1 aromatic carbocycles. The van der Waals surface area contributed by atoms with E-state index in [4.69, 9.17) is 0 Å². The maximum atomic E-state index is 12.5. The van der Waals surface area contributed by atoms with E-state index in [1.165, 1.54) is 0 Å². The van der Waals surface area contributed by atoms with Crippen LogP contribution in [0.4, 0.5) is 0 Å². The number of nitrogens with one attached hydrogen (secondary N) is 1. The molecule has 4 nitrogen and oxygen atoms in total. The second-order valence-electron chi connectivity index (χ2n) is 5.11. The van der Waals surface area contributed by atoms with Crippen molar-refractivity contribution >= 4 is 26.0 Å². The fourth-order valence-corrected chi connectivity index (χ4v) is 4.55. The number of sulfonamides is 1. The third-order valence-corrected chi connectivity index (χ3v) is 6.08. The molecule has 1 N–H and O–H groups in total. The smallest absolute Gasteiger partial charge is 0.243 e. The van der Waals surface area contributed by atoms with Crippen molar-refractivity contribution in [1.29, 1.82) is 0 Å². The lowest BCUT2D eigenvalue weighted by atomic mass is 9.98. The van der Waals surface area contributed by atoms with Crippen molar-refractivity contribution in [2.24, 2.45) is 5.92 Å². The number of benzene rings is 1. The molecule has 0 bridgehead atoms. The van der Waals surface area contributed by atoms with Crippen molar-refractivity contribution < 1.29 is 8.42 Å². The molecule has 1 fully saturated rings. The first kappa shape index (κ1) is 15.9. The van der Waals surface area contributed by atoms with Gasteiger partial charge in [0.2, 0.25) is 10.0 Å². The first-order chi connectivity index (χ1) is 9.54. The van der Waals surface area contributed by atoms with E-state index in [1.54, 1.807) is 22.5 Å². The highest BCUT2D eigenvalue weighted by Gasteiger charge is 2.29. The minimum atomic E-state index is -3.35. The third kappa shape index (κ3) is 3.81. The average Bonchev–Trinajstić information content (AvgIpc) is 2.45. The predicted molar refractivity (Wildman–Crippen MR) is 84.2 cm³/mol. The van der Waals surface area contributed by atoms with Gasteiger partial charge < -0.3 is 5.32 Å². The van der Waals surface area contributed by atoms with E-state index in [0.29, 0.717) is 23.9 Å². The summed E-state index contributed by atoms with van der Waals surface area (Å²) < 4.78 is 27.5. The fraction of sp³-hybridized carbons (Fsp3) is 0.571. The average molecular weight is 361 g/mol. The van der Waals surface area contributed by atoms with Crippen LogP contribution in [0.15, 0.2) is 33.6 Å². The summed E-state index contributed by atoms with van der Waals surface area (Å²) in [6, 6.07) is 6.92. The lowest BCUT2D eigenvalue weighted by molar-refractivity contribution is 0.268. The lowest BCUT2D eigenvalue weighted by Crippen LogP contribution is -2.40. The van der Waals surface area contributed by atoms with E-state index >= 15 is 0 Å². The minimum Gasteiger partial charge on any atom is -0.317 e. The number of rotatable bonds is 5. The zero-order valence-electron chi connectivity index (χ0n) is 11.7. The molecule has 0 aliphatic carbocycles. The Kier molecular flexibility index (Phi) is 5.60. The van der Waals surface area contributed by atoms with E-state index in [9.17, 15) is 8.42 Å². The van der Waals surface area contributed by atoms with Crippen LogP contribution in [0.25, 0.3) is 0 Å². The normalized spacial score (nSPS) is 18.3. The molecule has 0 unspecified atom stereocenters. The highest BCUT2D eigenvalue weighted by molar-refractivity contribution is 9.10. The van der Waals surface area contributed by atoms with Crippen LogP contribution in [-0.4, -0.2) is 38.9 Å². The molecule has 6 heteroatoms. The molecule has 20 heavy (non-hydrogen) atoms. The molecule has 2 rings (SSSR count). The molecule has 1 saturated heterocycles. The van der Waals surface area contributed by atoms with Gasteiger partial charge in [0, 0.05) is 17.6 Å². The van der Waals surface area contributed by atoms with Crippen LogP contribution >= 0.6 is 15.9 Å². The Labute approximate surface area is 129 Å². The van der Waals surface area contributed by atoms with Crippen molar-refractivity contribution in [3.63, 3.8) is 0 Å². The zero-order valence-corrected chi connectivity index (χ0v) is 14.1. The molecule has 0 aromatic heterocycles. The molecule has 0 spiro atoms. The summed E-state index contributed by atoms with van der Waals surface area (Å²) in [6.45, 7) is 5.28. The summed E-state index contributed by atoms with van der Waals surface area (Å²) in [4.78, 5) is 0.372. The van der Waals surface area contributed by atoms with Crippen LogP contribution < -0.4 is 5.32 Å². The Morgan fingerprint density at radius 1 is 1.35 bits per heavy atom. The van der Waals surface area contributed by atoms with Crippen LogP contribution in [-0.2, 0) is 10.0 Å². The number of piperidine rings is 1. The van der Waals surface area contributed by atoms with Crippen LogP contribution in [0.1, 0.15) is 19.8 Å².